The second-order valence-electron chi connectivity index (χ2n) is 7.57. The van der Waals surface area contributed by atoms with Crippen LogP contribution in [0.15, 0.2) is 76.4 Å². The van der Waals surface area contributed by atoms with Gasteiger partial charge >= 0.3 is 0 Å². The van der Waals surface area contributed by atoms with E-state index in [4.69, 9.17) is 4.42 Å². The third kappa shape index (κ3) is 5.06. The van der Waals surface area contributed by atoms with Gasteiger partial charge in [0.25, 0.3) is 0 Å². The largest absolute Gasteiger partial charge is 0.440 e. The lowest BCUT2D eigenvalue weighted by molar-refractivity contribution is 0.272. The predicted octanol–water partition coefficient (Wildman–Crippen LogP) is 5.29. The summed E-state index contributed by atoms with van der Waals surface area (Å²) in [6.45, 7) is 2.91. The molecular weight excluding hydrogens is 406 g/mol. The minimum atomic E-state index is 0.206. The van der Waals surface area contributed by atoms with Gasteiger partial charge in [0, 0.05) is 5.56 Å². The van der Waals surface area contributed by atoms with Crippen LogP contribution in [-0.4, -0.2) is 38.7 Å². The lowest BCUT2D eigenvalue weighted by Crippen LogP contribution is -2.23. The zero-order valence-electron chi connectivity index (χ0n) is 18.1. The molecule has 0 aliphatic rings. The molecule has 0 bridgehead atoms. The van der Waals surface area contributed by atoms with Crippen molar-refractivity contribution in [1.29, 1.82) is 0 Å². The van der Waals surface area contributed by atoms with E-state index in [9.17, 15) is 0 Å². The number of hydrogen-bond donors (Lipinski definition) is 0. The highest BCUT2D eigenvalue weighted by atomic mass is 32.2. The molecule has 0 saturated heterocycles. The van der Waals surface area contributed by atoms with Crippen molar-refractivity contribution >= 4 is 11.8 Å². The Balaban J connectivity index is 1.56. The number of hydrogen-bond acceptors (Lipinski definition) is 6. The molecule has 6 nitrogen and oxygen atoms in total. The smallest absolute Gasteiger partial charge is 0.205 e. The Bertz CT molecular complexity index is 1090. The van der Waals surface area contributed by atoms with Gasteiger partial charge in [-0.2, -0.15) is 0 Å². The van der Waals surface area contributed by atoms with E-state index in [0.717, 1.165) is 35.3 Å². The predicted molar refractivity (Wildman–Crippen MR) is 124 cm³/mol. The van der Waals surface area contributed by atoms with Crippen LogP contribution in [0.2, 0.25) is 0 Å². The van der Waals surface area contributed by atoms with Crippen LogP contribution in [0.25, 0.3) is 11.3 Å². The fourth-order valence-electron chi connectivity index (χ4n) is 3.59. The quantitative estimate of drug-likeness (QED) is 0.334. The number of rotatable bonds is 9. The van der Waals surface area contributed by atoms with Gasteiger partial charge in [-0.15, -0.1) is 10.2 Å². The van der Waals surface area contributed by atoms with E-state index in [1.807, 2.05) is 36.4 Å². The number of aromatic nitrogens is 4. The monoisotopic (exact) mass is 433 g/mol. The molecule has 0 amide bonds. The molecule has 0 radical (unpaired) electrons. The molecule has 4 rings (SSSR count). The third-order valence-corrected chi connectivity index (χ3v) is 6.13. The summed E-state index contributed by atoms with van der Waals surface area (Å²) in [5.74, 6) is 3.04. The van der Waals surface area contributed by atoms with Crippen molar-refractivity contribution in [2.45, 2.75) is 36.8 Å². The maximum atomic E-state index is 5.97. The fraction of sp³-hybridized carbons (Fsp3) is 0.292. The van der Waals surface area contributed by atoms with E-state index in [1.165, 1.54) is 5.56 Å². The second kappa shape index (κ2) is 9.94. The highest BCUT2D eigenvalue weighted by Gasteiger charge is 2.22. The van der Waals surface area contributed by atoms with Crippen LogP contribution < -0.4 is 0 Å². The first-order valence-corrected chi connectivity index (χ1v) is 11.4. The molecular formula is C24H27N5OS. The van der Waals surface area contributed by atoms with E-state index >= 15 is 0 Å². The average Bonchev–Trinajstić information content (AvgIpc) is 3.42. The van der Waals surface area contributed by atoms with Crippen molar-refractivity contribution in [3.05, 3.63) is 84.1 Å². The summed E-state index contributed by atoms with van der Waals surface area (Å²) >= 11 is 1.60. The van der Waals surface area contributed by atoms with Crippen molar-refractivity contribution < 1.29 is 4.42 Å². The summed E-state index contributed by atoms with van der Waals surface area (Å²) in [4.78, 5) is 6.65. The van der Waals surface area contributed by atoms with Crippen LogP contribution in [0.1, 0.15) is 36.7 Å². The zero-order valence-corrected chi connectivity index (χ0v) is 18.9. The van der Waals surface area contributed by atoms with Gasteiger partial charge in [-0.25, -0.2) is 4.98 Å². The molecule has 0 N–H and O–H groups in total. The van der Waals surface area contributed by atoms with Gasteiger partial charge in [0.05, 0.1) is 24.5 Å². The fourth-order valence-corrected chi connectivity index (χ4v) is 4.38. The van der Waals surface area contributed by atoms with Gasteiger partial charge in [-0.3, -0.25) is 4.90 Å². The Morgan fingerprint density at radius 3 is 2.39 bits per heavy atom. The molecule has 0 fully saturated rings. The first-order chi connectivity index (χ1) is 15.2. The van der Waals surface area contributed by atoms with E-state index < -0.39 is 0 Å². The molecule has 31 heavy (non-hydrogen) atoms. The number of benzene rings is 2. The standard InChI is InChI=1S/C24H27N5OS/c1-4-20(28(2)3)23-26-27-24(29(23)16-18-11-7-5-8-12-18)31-17-22-25-15-21(30-22)19-13-9-6-10-14-19/h5-15,20H,4,16-17H2,1-3H3. The third-order valence-electron chi connectivity index (χ3n) is 5.17. The Kier molecular flexibility index (Phi) is 6.84. The van der Waals surface area contributed by atoms with E-state index in [-0.39, 0.29) is 6.04 Å². The van der Waals surface area contributed by atoms with Gasteiger partial charge < -0.3 is 8.98 Å². The first-order valence-electron chi connectivity index (χ1n) is 10.4. The average molecular weight is 434 g/mol. The Hall–Kier alpha value is -2.90. The molecule has 0 spiro atoms. The molecule has 0 aliphatic carbocycles. The lowest BCUT2D eigenvalue weighted by atomic mass is 10.2. The van der Waals surface area contributed by atoms with Crippen molar-refractivity contribution in [3.8, 4) is 11.3 Å². The van der Waals surface area contributed by atoms with Crippen LogP contribution in [0.5, 0.6) is 0 Å². The van der Waals surface area contributed by atoms with Crippen LogP contribution in [0.4, 0.5) is 0 Å². The Morgan fingerprint density at radius 2 is 1.71 bits per heavy atom. The summed E-state index contributed by atoms with van der Waals surface area (Å²) in [6.07, 6.45) is 2.75. The second-order valence-corrected chi connectivity index (χ2v) is 8.52. The number of thioether (sulfide) groups is 1. The van der Waals surface area contributed by atoms with Crippen LogP contribution in [-0.2, 0) is 12.3 Å². The molecule has 7 heteroatoms. The van der Waals surface area contributed by atoms with E-state index in [1.54, 1.807) is 18.0 Å². The molecule has 160 valence electrons. The molecule has 2 aromatic carbocycles. The van der Waals surface area contributed by atoms with Crippen molar-refractivity contribution in [2.24, 2.45) is 0 Å². The minimum absolute atomic E-state index is 0.206. The summed E-state index contributed by atoms with van der Waals surface area (Å²) in [5.41, 5.74) is 2.25. The summed E-state index contributed by atoms with van der Waals surface area (Å²) < 4.78 is 8.18. The highest BCUT2D eigenvalue weighted by molar-refractivity contribution is 7.98. The van der Waals surface area contributed by atoms with Crippen LogP contribution in [0, 0.1) is 0 Å². The molecule has 2 heterocycles. The minimum Gasteiger partial charge on any atom is -0.440 e. The molecule has 2 aromatic heterocycles. The van der Waals surface area contributed by atoms with Gasteiger partial charge in [-0.1, -0.05) is 79.3 Å². The van der Waals surface area contributed by atoms with Crippen molar-refractivity contribution in [2.75, 3.05) is 14.1 Å². The molecule has 1 unspecified atom stereocenters. The number of nitrogens with zero attached hydrogens (tertiary/aromatic N) is 5. The maximum absolute atomic E-state index is 5.97. The van der Waals surface area contributed by atoms with E-state index in [0.29, 0.717) is 11.6 Å². The van der Waals surface area contributed by atoms with E-state index in [2.05, 4.69) is 69.9 Å². The topological polar surface area (TPSA) is 60.0 Å². The van der Waals surface area contributed by atoms with Gasteiger partial charge in [0.15, 0.2) is 16.7 Å². The zero-order chi connectivity index (χ0) is 21.6. The van der Waals surface area contributed by atoms with Crippen molar-refractivity contribution in [1.82, 2.24) is 24.6 Å². The Labute approximate surface area is 187 Å². The molecule has 0 saturated carbocycles. The van der Waals surface area contributed by atoms with Gasteiger partial charge in [0.1, 0.15) is 0 Å². The summed E-state index contributed by atoms with van der Waals surface area (Å²) in [5, 5.41) is 9.97. The van der Waals surface area contributed by atoms with Gasteiger partial charge in [-0.05, 0) is 26.1 Å². The first kappa shape index (κ1) is 21.3. The highest BCUT2D eigenvalue weighted by Crippen LogP contribution is 2.29. The lowest BCUT2D eigenvalue weighted by Gasteiger charge is -2.23. The summed E-state index contributed by atoms with van der Waals surface area (Å²) in [7, 11) is 4.17. The maximum Gasteiger partial charge on any atom is 0.205 e. The van der Waals surface area contributed by atoms with Crippen LogP contribution in [0.3, 0.4) is 0 Å². The van der Waals surface area contributed by atoms with Crippen LogP contribution >= 0.6 is 11.8 Å². The van der Waals surface area contributed by atoms with Crippen molar-refractivity contribution in [3.63, 3.8) is 0 Å². The molecule has 0 aliphatic heterocycles. The molecule has 1 atom stereocenters. The molecule has 4 aromatic rings. The van der Waals surface area contributed by atoms with Gasteiger partial charge in [0.2, 0.25) is 5.89 Å². The normalized spacial score (nSPS) is 12.4. The number of oxazole rings is 1. The Morgan fingerprint density at radius 1 is 1.00 bits per heavy atom. The SMILES string of the molecule is CCC(c1nnc(SCc2ncc(-c3ccccc3)o2)n1Cc1ccccc1)N(C)C. The summed E-state index contributed by atoms with van der Waals surface area (Å²) in [6, 6.07) is 20.7.